The fourth-order valence-corrected chi connectivity index (χ4v) is 2.95. The van der Waals surface area contributed by atoms with Crippen LogP contribution in [-0.4, -0.2) is 53.0 Å². The second-order valence-electron chi connectivity index (χ2n) is 6.09. The minimum atomic E-state index is -0.268. The maximum atomic E-state index is 11.3. The minimum absolute atomic E-state index is 0.216. The van der Waals surface area contributed by atoms with Gasteiger partial charge in [0.2, 0.25) is 5.91 Å². The number of primary amides is 1. The number of benzene rings is 1. The zero-order valence-corrected chi connectivity index (χ0v) is 13.9. The number of hydrogen-bond donors (Lipinski definition) is 1. The lowest BCUT2D eigenvalue weighted by Crippen LogP contribution is -2.53. The molecule has 0 unspecified atom stereocenters. The second-order valence-corrected chi connectivity index (χ2v) is 6.09. The average Bonchev–Trinajstić information content (AvgIpc) is 2.62. The van der Waals surface area contributed by atoms with E-state index in [0.29, 0.717) is 0 Å². The third-order valence-electron chi connectivity index (χ3n) is 4.49. The van der Waals surface area contributed by atoms with Crippen molar-refractivity contribution in [3.05, 3.63) is 54.0 Å². The number of hydrogen-bond acceptors (Lipinski definition) is 5. The predicted octanol–water partition coefficient (Wildman–Crippen LogP) is 1.06. The monoisotopic (exact) mass is 325 g/mol. The van der Waals surface area contributed by atoms with Crippen LogP contribution in [0.5, 0.6) is 0 Å². The predicted molar refractivity (Wildman–Crippen MR) is 93.7 cm³/mol. The molecule has 1 fully saturated rings. The Morgan fingerprint density at radius 3 is 2.54 bits per heavy atom. The normalized spacial score (nSPS) is 16.8. The molecular formula is C18H23N5O. The molecule has 126 valence electrons. The van der Waals surface area contributed by atoms with Crippen LogP contribution in [0.4, 0.5) is 5.82 Å². The summed E-state index contributed by atoms with van der Waals surface area (Å²) in [6.45, 7) is 5.14. The summed E-state index contributed by atoms with van der Waals surface area (Å²) in [5.41, 5.74) is 6.59. The SMILES string of the molecule is C[C@@H](C(N)=O)N1CCN(c2ccnc(Cc3ccccc3)n2)CC1. The van der Waals surface area contributed by atoms with Crippen molar-refractivity contribution in [3.8, 4) is 0 Å². The lowest BCUT2D eigenvalue weighted by Gasteiger charge is -2.37. The quantitative estimate of drug-likeness (QED) is 0.890. The number of carbonyl (C=O) groups is 1. The van der Waals surface area contributed by atoms with Gasteiger partial charge in [-0.1, -0.05) is 30.3 Å². The van der Waals surface area contributed by atoms with E-state index in [1.54, 1.807) is 0 Å². The van der Waals surface area contributed by atoms with Crippen molar-refractivity contribution in [2.24, 2.45) is 5.73 Å². The first-order valence-electron chi connectivity index (χ1n) is 8.27. The van der Waals surface area contributed by atoms with Crippen molar-refractivity contribution < 1.29 is 4.79 Å². The van der Waals surface area contributed by atoms with Crippen LogP contribution in [0.3, 0.4) is 0 Å². The molecule has 0 aliphatic carbocycles. The molecule has 0 spiro atoms. The Morgan fingerprint density at radius 1 is 1.17 bits per heavy atom. The molecule has 6 heteroatoms. The van der Waals surface area contributed by atoms with Gasteiger partial charge in [-0.25, -0.2) is 9.97 Å². The Balaban J connectivity index is 1.64. The van der Waals surface area contributed by atoms with Crippen molar-refractivity contribution in [2.75, 3.05) is 31.1 Å². The van der Waals surface area contributed by atoms with Gasteiger partial charge in [0, 0.05) is 38.8 Å². The van der Waals surface area contributed by atoms with E-state index in [1.165, 1.54) is 5.56 Å². The summed E-state index contributed by atoms with van der Waals surface area (Å²) in [4.78, 5) is 24.8. The standard InChI is InChI=1S/C18H23N5O/c1-14(18(19)24)22-9-11-23(12-10-22)17-7-8-20-16(21-17)13-15-5-3-2-4-6-15/h2-8,14H,9-13H2,1H3,(H2,19,24)/t14-/m0/s1. The number of amides is 1. The average molecular weight is 325 g/mol. The van der Waals surface area contributed by atoms with Crippen LogP contribution in [0.2, 0.25) is 0 Å². The summed E-state index contributed by atoms with van der Waals surface area (Å²) in [6.07, 6.45) is 2.55. The van der Waals surface area contributed by atoms with Crippen LogP contribution in [0.15, 0.2) is 42.6 Å². The van der Waals surface area contributed by atoms with Gasteiger partial charge in [-0.05, 0) is 18.6 Å². The van der Waals surface area contributed by atoms with Gasteiger partial charge >= 0.3 is 0 Å². The molecule has 2 aromatic rings. The molecule has 1 aliphatic heterocycles. The third kappa shape index (κ3) is 3.89. The lowest BCUT2D eigenvalue weighted by atomic mass is 10.1. The highest BCUT2D eigenvalue weighted by Crippen LogP contribution is 2.15. The maximum Gasteiger partial charge on any atom is 0.234 e. The second kappa shape index (κ2) is 7.40. The highest BCUT2D eigenvalue weighted by atomic mass is 16.1. The smallest absolute Gasteiger partial charge is 0.234 e. The van der Waals surface area contributed by atoms with Gasteiger partial charge in [-0.3, -0.25) is 9.69 Å². The molecule has 1 aliphatic rings. The molecule has 0 saturated carbocycles. The van der Waals surface area contributed by atoms with Gasteiger partial charge in [0.15, 0.2) is 0 Å². The van der Waals surface area contributed by atoms with E-state index in [9.17, 15) is 4.79 Å². The van der Waals surface area contributed by atoms with Crippen LogP contribution >= 0.6 is 0 Å². The first-order chi connectivity index (χ1) is 11.6. The number of nitrogens with two attached hydrogens (primary N) is 1. The number of piperazine rings is 1. The molecule has 1 atom stereocenters. The molecule has 24 heavy (non-hydrogen) atoms. The van der Waals surface area contributed by atoms with Crippen LogP contribution < -0.4 is 10.6 Å². The van der Waals surface area contributed by atoms with Crippen LogP contribution in [0.25, 0.3) is 0 Å². The molecule has 1 aromatic heterocycles. The zero-order valence-electron chi connectivity index (χ0n) is 13.9. The Morgan fingerprint density at radius 2 is 1.88 bits per heavy atom. The molecule has 3 rings (SSSR count). The van der Waals surface area contributed by atoms with Crippen LogP contribution in [0.1, 0.15) is 18.3 Å². The van der Waals surface area contributed by atoms with E-state index in [0.717, 1.165) is 44.2 Å². The highest BCUT2D eigenvalue weighted by molar-refractivity contribution is 5.79. The van der Waals surface area contributed by atoms with Crippen molar-refractivity contribution in [1.82, 2.24) is 14.9 Å². The Hall–Kier alpha value is -2.47. The highest BCUT2D eigenvalue weighted by Gasteiger charge is 2.24. The van der Waals surface area contributed by atoms with E-state index >= 15 is 0 Å². The zero-order chi connectivity index (χ0) is 16.9. The Labute approximate surface area is 142 Å². The van der Waals surface area contributed by atoms with Gasteiger partial charge in [-0.15, -0.1) is 0 Å². The number of nitrogens with zero attached hydrogens (tertiary/aromatic N) is 4. The van der Waals surface area contributed by atoms with Crippen molar-refractivity contribution in [2.45, 2.75) is 19.4 Å². The Bertz CT molecular complexity index is 683. The van der Waals surface area contributed by atoms with Gasteiger partial charge in [0.25, 0.3) is 0 Å². The lowest BCUT2D eigenvalue weighted by molar-refractivity contribution is -0.122. The molecule has 1 aromatic carbocycles. The van der Waals surface area contributed by atoms with Crippen molar-refractivity contribution in [3.63, 3.8) is 0 Å². The topological polar surface area (TPSA) is 75.4 Å². The summed E-state index contributed by atoms with van der Waals surface area (Å²) in [6, 6.07) is 12.0. The number of carbonyl (C=O) groups excluding carboxylic acids is 1. The van der Waals surface area contributed by atoms with E-state index in [4.69, 9.17) is 10.7 Å². The molecule has 0 bridgehead atoms. The third-order valence-corrected chi connectivity index (χ3v) is 4.49. The first kappa shape index (κ1) is 16.4. The molecule has 1 amide bonds. The fourth-order valence-electron chi connectivity index (χ4n) is 2.95. The maximum absolute atomic E-state index is 11.3. The summed E-state index contributed by atoms with van der Waals surface area (Å²) in [5, 5.41) is 0. The number of aromatic nitrogens is 2. The Kier molecular flexibility index (Phi) is 5.05. The summed E-state index contributed by atoms with van der Waals surface area (Å²) in [7, 11) is 0. The summed E-state index contributed by atoms with van der Waals surface area (Å²) < 4.78 is 0. The van der Waals surface area contributed by atoms with Crippen LogP contribution in [-0.2, 0) is 11.2 Å². The van der Waals surface area contributed by atoms with E-state index in [1.807, 2.05) is 37.4 Å². The molecule has 0 radical (unpaired) electrons. The van der Waals surface area contributed by atoms with E-state index < -0.39 is 0 Å². The summed E-state index contributed by atoms with van der Waals surface area (Å²) >= 11 is 0. The summed E-state index contributed by atoms with van der Waals surface area (Å²) in [5.74, 6) is 1.50. The van der Waals surface area contributed by atoms with E-state index in [-0.39, 0.29) is 11.9 Å². The molecule has 6 nitrogen and oxygen atoms in total. The molecule has 2 N–H and O–H groups in total. The fraction of sp³-hybridized carbons (Fsp3) is 0.389. The van der Waals surface area contributed by atoms with Gasteiger partial charge in [0.1, 0.15) is 11.6 Å². The molecule has 2 heterocycles. The number of rotatable bonds is 5. The van der Waals surface area contributed by atoms with Gasteiger partial charge < -0.3 is 10.6 Å². The van der Waals surface area contributed by atoms with Crippen molar-refractivity contribution in [1.29, 1.82) is 0 Å². The molecule has 1 saturated heterocycles. The van der Waals surface area contributed by atoms with Gasteiger partial charge in [-0.2, -0.15) is 0 Å². The molecular weight excluding hydrogens is 302 g/mol. The number of anilines is 1. The largest absolute Gasteiger partial charge is 0.368 e. The van der Waals surface area contributed by atoms with E-state index in [2.05, 4.69) is 26.9 Å². The minimum Gasteiger partial charge on any atom is -0.368 e. The van der Waals surface area contributed by atoms with Crippen molar-refractivity contribution >= 4 is 11.7 Å². The van der Waals surface area contributed by atoms with Crippen LogP contribution in [0, 0.1) is 0 Å². The van der Waals surface area contributed by atoms with Gasteiger partial charge in [0.05, 0.1) is 6.04 Å². The first-order valence-corrected chi connectivity index (χ1v) is 8.27.